The minimum Gasteiger partial charge on any atom is -0.381 e. The summed E-state index contributed by atoms with van der Waals surface area (Å²) in [5.41, 5.74) is 0.762. The van der Waals surface area contributed by atoms with Gasteiger partial charge in [-0.15, -0.1) is 0 Å². The van der Waals surface area contributed by atoms with Crippen LogP contribution in [0.1, 0.15) is 12.5 Å². The van der Waals surface area contributed by atoms with E-state index in [0.29, 0.717) is 23.4 Å². The fourth-order valence-electron chi connectivity index (χ4n) is 4.29. The fourth-order valence-corrected chi connectivity index (χ4v) is 4.29. The third-order valence-corrected chi connectivity index (χ3v) is 6.02. The van der Waals surface area contributed by atoms with Gasteiger partial charge in [0.2, 0.25) is 0 Å². The van der Waals surface area contributed by atoms with E-state index >= 15 is 0 Å². The van der Waals surface area contributed by atoms with Crippen molar-refractivity contribution in [3.05, 3.63) is 56.9 Å². The Kier molecular flexibility index (Phi) is 5.01. The number of piperazine rings is 1. The third-order valence-electron chi connectivity index (χ3n) is 6.02. The second-order valence-electron chi connectivity index (χ2n) is 8.30. The largest absolute Gasteiger partial charge is 0.381 e. The molecule has 0 amide bonds. The molecule has 158 valence electrons. The minimum atomic E-state index is -0.537. The Bertz CT molecular complexity index is 1160. The highest BCUT2D eigenvalue weighted by Gasteiger charge is 2.28. The van der Waals surface area contributed by atoms with Crippen molar-refractivity contribution in [3.63, 3.8) is 0 Å². The molecule has 0 bridgehead atoms. The SMILES string of the molecule is CC1CN(Cc2ccc3onc(-n4ccc(=O)[nH]c4=O)c3c2)CCN1CC1COC1. The predicted molar refractivity (Wildman–Crippen MR) is 111 cm³/mol. The van der Waals surface area contributed by atoms with Gasteiger partial charge in [0.05, 0.1) is 18.6 Å². The first-order valence-corrected chi connectivity index (χ1v) is 10.3. The van der Waals surface area contributed by atoms with Gasteiger partial charge in [-0.2, -0.15) is 0 Å². The van der Waals surface area contributed by atoms with Crippen molar-refractivity contribution in [1.82, 2.24) is 24.5 Å². The van der Waals surface area contributed by atoms with E-state index in [0.717, 1.165) is 56.9 Å². The topological polar surface area (TPSA) is 96.6 Å². The van der Waals surface area contributed by atoms with Gasteiger partial charge < -0.3 is 9.26 Å². The molecule has 2 aliphatic rings. The van der Waals surface area contributed by atoms with Crippen LogP contribution in [0, 0.1) is 5.92 Å². The zero-order chi connectivity index (χ0) is 20.7. The third kappa shape index (κ3) is 3.71. The van der Waals surface area contributed by atoms with E-state index in [-0.39, 0.29) is 0 Å². The molecule has 0 spiro atoms. The average molecular weight is 411 g/mol. The van der Waals surface area contributed by atoms with E-state index in [9.17, 15) is 9.59 Å². The first-order valence-electron chi connectivity index (χ1n) is 10.3. The van der Waals surface area contributed by atoms with E-state index in [2.05, 4.69) is 26.9 Å². The normalized spacial score (nSPS) is 21.2. The van der Waals surface area contributed by atoms with Crippen LogP contribution in [0.3, 0.4) is 0 Å². The van der Waals surface area contributed by atoms with Crippen LogP contribution in [0.4, 0.5) is 0 Å². The Hall–Kier alpha value is -2.75. The smallest absolute Gasteiger partial charge is 0.334 e. The number of nitrogens with zero attached hydrogens (tertiary/aromatic N) is 4. The summed E-state index contributed by atoms with van der Waals surface area (Å²) in [5.74, 6) is 1.07. The monoisotopic (exact) mass is 411 g/mol. The standard InChI is InChI=1S/C21H25N5O4/c1-14-9-24(6-7-25(14)11-16-12-29-13-16)10-15-2-3-18-17(8-15)20(23-30-18)26-5-4-19(27)22-21(26)28/h2-5,8,14,16H,6-7,9-13H2,1H3,(H,22,27,28). The Morgan fingerprint density at radius 2 is 2.07 bits per heavy atom. The number of aromatic nitrogens is 3. The highest BCUT2D eigenvalue weighted by atomic mass is 16.5. The van der Waals surface area contributed by atoms with Gasteiger partial charge in [0.25, 0.3) is 5.56 Å². The molecule has 4 heterocycles. The Labute approximate surface area is 172 Å². The average Bonchev–Trinajstić information content (AvgIpc) is 3.09. The molecule has 9 nitrogen and oxygen atoms in total. The van der Waals surface area contributed by atoms with Crippen LogP contribution in [-0.4, -0.2) is 69.9 Å². The summed E-state index contributed by atoms with van der Waals surface area (Å²) in [4.78, 5) is 30.8. The van der Waals surface area contributed by atoms with Gasteiger partial charge in [0, 0.05) is 56.9 Å². The van der Waals surface area contributed by atoms with Gasteiger partial charge in [-0.1, -0.05) is 11.2 Å². The van der Waals surface area contributed by atoms with Crippen molar-refractivity contribution in [1.29, 1.82) is 0 Å². The molecule has 1 aromatic carbocycles. The molecule has 0 aliphatic carbocycles. The lowest BCUT2D eigenvalue weighted by Crippen LogP contribution is -2.54. The highest BCUT2D eigenvalue weighted by molar-refractivity contribution is 5.84. The van der Waals surface area contributed by atoms with Crippen LogP contribution >= 0.6 is 0 Å². The first kappa shape index (κ1) is 19.2. The lowest BCUT2D eigenvalue weighted by molar-refractivity contribution is -0.0587. The molecule has 9 heteroatoms. The molecule has 0 radical (unpaired) electrons. The summed E-state index contributed by atoms with van der Waals surface area (Å²) in [5, 5.41) is 4.79. The number of aromatic amines is 1. The number of hydrogen-bond donors (Lipinski definition) is 1. The van der Waals surface area contributed by atoms with Crippen molar-refractivity contribution < 1.29 is 9.26 Å². The maximum atomic E-state index is 12.2. The van der Waals surface area contributed by atoms with Crippen LogP contribution in [-0.2, 0) is 11.3 Å². The van der Waals surface area contributed by atoms with Gasteiger partial charge in [0.1, 0.15) is 0 Å². The molecule has 1 N–H and O–H groups in total. The van der Waals surface area contributed by atoms with E-state index in [4.69, 9.17) is 9.26 Å². The van der Waals surface area contributed by atoms with Crippen LogP contribution in [0.25, 0.3) is 16.8 Å². The van der Waals surface area contributed by atoms with E-state index in [1.807, 2.05) is 18.2 Å². The number of H-pyrrole nitrogens is 1. The lowest BCUT2D eigenvalue weighted by Gasteiger charge is -2.42. The molecule has 2 saturated heterocycles. The highest BCUT2D eigenvalue weighted by Crippen LogP contribution is 2.24. The predicted octanol–water partition coefficient (Wildman–Crippen LogP) is 0.820. The molecule has 5 rings (SSSR count). The Morgan fingerprint density at radius 1 is 1.20 bits per heavy atom. The van der Waals surface area contributed by atoms with Crippen molar-refractivity contribution in [2.45, 2.75) is 19.5 Å². The number of rotatable bonds is 5. The molecular weight excluding hydrogens is 386 g/mol. The number of fused-ring (bicyclic) bond motifs is 1. The second-order valence-corrected chi connectivity index (χ2v) is 8.30. The molecule has 2 aliphatic heterocycles. The first-order chi connectivity index (χ1) is 14.6. The summed E-state index contributed by atoms with van der Waals surface area (Å²) >= 11 is 0. The van der Waals surface area contributed by atoms with Crippen LogP contribution in [0.15, 0.2) is 44.6 Å². The van der Waals surface area contributed by atoms with Gasteiger partial charge >= 0.3 is 5.69 Å². The molecule has 3 aromatic rings. The number of ether oxygens (including phenoxy) is 1. The fraction of sp³-hybridized carbons (Fsp3) is 0.476. The molecule has 0 saturated carbocycles. The lowest BCUT2D eigenvalue weighted by atomic mass is 10.0. The second kappa shape index (κ2) is 7.82. The molecular formula is C21H25N5O4. The molecule has 1 atom stereocenters. The van der Waals surface area contributed by atoms with Crippen LogP contribution in [0.5, 0.6) is 0 Å². The van der Waals surface area contributed by atoms with Gasteiger partial charge in [-0.05, 0) is 24.6 Å². The summed E-state index contributed by atoms with van der Waals surface area (Å²) in [7, 11) is 0. The zero-order valence-corrected chi connectivity index (χ0v) is 16.9. The summed E-state index contributed by atoms with van der Waals surface area (Å²) in [6, 6.07) is 7.74. The van der Waals surface area contributed by atoms with Crippen molar-refractivity contribution in [3.8, 4) is 5.82 Å². The number of benzene rings is 1. The quantitative estimate of drug-likeness (QED) is 0.664. The van der Waals surface area contributed by atoms with Gasteiger partial charge in [-0.25, -0.2) is 9.36 Å². The number of nitrogens with one attached hydrogen (secondary N) is 1. The summed E-state index contributed by atoms with van der Waals surface area (Å²) in [6.45, 7) is 9.12. The van der Waals surface area contributed by atoms with Gasteiger partial charge in [-0.3, -0.25) is 19.6 Å². The van der Waals surface area contributed by atoms with Crippen molar-refractivity contribution in [2.75, 3.05) is 39.4 Å². The molecule has 30 heavy (non-hydrogen) atoms. The van der Waals surface area contributed by atoms with Crippen molar-refractivity contribution >= 4 is 11.0 Å². The summed E-state index contributed by atoms with van der Waals surface area (Å²) < 4.78 is 12.0. The zero-order valence-electron chi connectivity index (χ0n) is 16.9. The van der Waals surface area contributed by atoms with E-state index in [1.54, 1.807) is 0 Å². The van der Waals surface area contributed by atoms with E-state index in [1.165, 1.54) is 16.8 Å². The maximum absolute atomic E-state index is 12.2. The Morgan fingerprint density at radius 3 is 2.80 bits per heavy atom. The molecule has 1 unspecified atom stereocenters. The minimum absolute atomic E-state index is 0.383. The number of hydrogen-bond acceptors (Lipinski definition) is 7. The van der Waals surface area contributed by atoms with Crippen LogP contribution < -0.4 is 11.2 Å². The van der Waals surface area contributed by atoms with E-state index < -0.39 is 11.2 Å². The Balaban J connectivity index is 1.33. The van der Waals surface area contributed by atoms with Crippen molar-refractivity contribution in [2.24, 2.45) is 5.92 Å². The molecule has 2 aromatic heterocycles. The van der Waals surface area contributed by atoms with Crippen LogP contribution in [0.2, 0.25) is 0 Å². The van der Waals surface area contributed by atoms with Gasteiger partial charge in [0.15, 0.2) is 11.4 Å². The molecule has 2 fully saturated rings. The maximum Gasteiger partial charge on any atom is 0.334 e. The summed E-state index contributed by atoms with van der Waals surface area (Å²) in [6.07, 6.45) is 1.42.